The summed E-state index contributed by atoms with van der Waals surface area (Å²) in [6.45, 7) is 0. The summed E-state index contributed by atoms with van der Waals surface area (Å²) < 4.78 is 0. The largest absolute Gasteiger partial charge is 0.276 e. The molecule has 0 saturated carbocycles. The lowest BCUT2D eigenvalue weighted by atomic mass is 9.96. The van der Waals surface area contributed by atoms with Crippen molar-refractivity contribution in [3.05, 3.63) is 47.0 Å². The average molecular weight is 316 g/mol. The van der Waals surface area contributed by atoms with E-state index in [1.54, 1.807) is 12.1 Å². The molecule has 96 valence electrons. The fourth-order valence-corrected chi connectivity index (χ4v) is 2.39. The summed E-state index contributed by atoms with van der Waals surface area (Å²) >= 11 is 16.4. The number of carbonyl (C=O) groups excluding carboxylic acids is 3. The molecule has 0 fully saturated rings. The Kier molecular flexibility index (Phi) is 3.90. The molecule has 0 atom stereocenters. The Bertz CT molecular complexity index is 702. The van der Waals surface area contributed by atoms with Crippen LogP contribution in [0.15, 0.2) is 30.3 Å². The van der Waals surface area contributed by atoms with Gasteiger partial charge in [-0.05, 0) is 58.4 Å². The molecule has 3 nitrogen and oxygen atoms in total. The van der Waals surface area contributed by atoms with Gasteiger partial charge in [0.25, 0.3) is 15.7 Å². The molecule has 2 aromatic rings. The highest BCUT2D eigenvalue weighted by Gasteiger charge is 2.18. The quantitative estimate of drug-likeness (QED) is 0.805. The molecule has 0 aliphatic carbocycles. The minimum atomic E-state index is -0.746. The van der Waals surface area contributed by atoms with Crippen LogP contribution in [0, 0.1) is 0 Å². The van der Waals surface area contributed by atoms with E-state index in [-0.39, 0.29) is 22.1 Å². The van der Waals surface area contributed by atoms with Gasteiger partial charge in [-0.15, -0.1) is 0 Å². The van der Waals surface area contributed by atoms with Gasteiger partial charge in [-0.3, -0.25) is 14.4 Å². The maximum Gasteiger partial charge on any atom is 0.253 e. The van der Waals surface area contributed by atoms with E-state index in [1.165, 1.54) is 18.2 Å². The van der Waals surface area contributed by atoms with Crippen molar-refractivity contribution in [2.24, 2.45) is 0 Å². The summed E-state index contributed by atoms with van der Waals surface area (Å²) in [6.07, 6.45) is 0. The van der Waals surface area contributed by atoms with Crippen molar-refractivity contribution >= 4 is 61.3 Å². The third-order valence-electron chi connectivity index (χ3n) is 2.68. The molecule has 2 aromatic carbocycles. The lowest BCUT2D eigenvalue weighted by Gasteiger charge is -2.09. The van der Waals surface area contributed by atoms with Gasteiger partial charge < -0.3 is 0 Å². The van der Waals surface area contributed by atoms with Crippen LogP contribution in [-0.4, -0.2) is 15.7 Å². The van der Waals surface area contributed by atoms with Gasteiger partial charge in [0, 0.05) is 22.1 Å². The van der Waals surface area contributed by atoms with Crippen LogP contribution in [0.25, 0.3) is 10.8 Å². The molecule has 0 aliphatic rings. The van der Waals surface area contributed by atoms with Gasteiger partial charge in [-0.2, -0.15) is 0 Å². The van der Waals surface area contributed by atoms with E-state index in [0.29, 0.717) is 5.39 Å². The Labute approximate surface area is 123 Å². The Hall–Kier alpha value is -1.42. The molecule has 19 heavy (non-hydrogen) atoms. The molecular weight excluding hydrogens is 310 g/mol. The van der Waals surface area contributed by atoms with Crippen LogP contribution >= 0.6 is 34.8 Å². The van der Waals surface area contributed by atoms with Crippen LogP contribution in [0.2, 0.25) is 0 Å². The molecule has 0 saturated heterocycles. The van der Waals surface area contributed by atoms with Crippen molar-refractivity contribution in [1.29, 1.82) is 0 Å². The van der Waals surface area contributed by atoms with E-state index in [2.05, 4.69) is 0 Å². The highest BCUT2D eigenvalue weighted by Crippen LogP contribution is 2.29. The molecule has 0 aliphatic heterocycles. The molecule has 0 spiro atoms. The summed E-state index contributed by atoms with van der Waals surface area (Å²) in [7, 11) is 0. The van der Waals surface area contributed by atoms with Crippen molar-refractivity contribution in [3.63, 3.8) is 0 Å². The van der Waals surface area contributed by atoms with Crippen LogP contribution in [0.1, 0.15) is 31.1 Å². The van der Waals surface area contributed by atoms with E-state index in [1.807, 2.05) is 0 Å². The van der Waals surface area contributed by atoms with Crippen molar-refractivity contribution in [1.82, 2.24) is 0 Å². The standard InChI is InChI=1S/C13H5Cl3O3/c14-11(17)7-4-5-9(13(16)19)10-6(7)2-1-3-8(10)12(15)18/h1-5H. The summed E-state index contributed by atoms with van der Waals surface area (Å²) in [5, 5.41) is -1.60. The average Bonchev–Trinajstić information content (AvgIpc) is 2.35. The Morgan fingerprint density at radius 3 is 1.68 bits per heavy atom. The lowest BCUT2D eigenvalue weighted by molar-refractivity contribution is 0.107. The van der Waals surface area contributed by atoms with Crippen LogP contribution in [0.4, 0.5) is 0 Å². The predicted octanol–water partition coefficient (Wildman–Crippen LogP) is 3.98. The van der Waals surface area contributed by atoms with Gasteiger partial charge in [0.05, 0.1) is 0 Å². The molecule has 0 radical (unpaired) electrons. The highest BCUT2D eigenvalue weighted by atomic mass is 35.5. The number of halogens is 3. The third-order valence-corrected chi connectivity index (χ3v) is 3.29. The fourth-order valence-electron chi connectivity index (χ4n) is 1.91. The summed E-state index contributed by atoms with van der Waals surface area (Å²) in [5.74, 6) is 0. The van der Waals surface area contributed by atoms with E-state index in [9.17, 15) is 14.4 Å². The number of hydrogen-bond donors (Lipinski definition) is 0. The second kappa shape index (κ2) is 5.29. The first kappa shape index (κ1) is 14.0. The van der Waals surface area contributed by atoms with Gasteiger partial charge in [0.1, 0.15) is 0 Å². The molecule has 0 N–H and O–H groups in total. The first-order valence-electron chi connectivity index (χ1n) is 5.08. The maximum atomic E-state index is 11.4. The minimum Gasteiger partial charge on any atom is -0.276 e. The Morgan fingerprint density at radius 1 is 0.684 bits per heavy atom. The van der Waals surface area contributed by atoms with Crippen molar-refractivity contribution in [2.45, 2.75) is 0 Å². The smallest absolute Gasteiger partial charge is 0.253 e. The summed E-state index contributed by atoms with van der Waals surface area (Å²) in [5.41, 5.74) is 0.379. The van der Waals surface area contributed by atoms with Gasteiger partial charge in [0.2, 0.25) is 0 Å². The molecule has 2 rings (SSSR count). The molecule has 0 unspecified atom stereocenters. The number of rotatable bonds is 3. The third kappa shape index (κ3) is 2.50. The molecule has 0 bridgehead atoms. The number of fused-ring (bicyclic) bond motifs is 1. The molecular formula is C13H5Cl3O3. The van der Waals surface area contributed by atoms with Gasteiger partial charge in [-0.25, -0.2) is 0 Å². The topological polar surface area (TPSA) is 51.2 Å². The van der Waals surface area contributed by atoms with Crippen LogP contribution < -0.4 is 0 Å². The highest BCUT2D eigenvalue weighted by molar-refractivity contribution is 6.72. The normalized spacial score (nSPS) is 10.5. The van der Waals surface area contributed by atoms with E-state index < -0.39 is 15.7 Å². The second-order valence-corrected chi connectivity index (χ2v) is 4.74. The minimum absolute atomic E-state index is 0.0999. The van der Waals surface area contributed by atoms with Gasteiger partial charge in [0.15, 0.2) is 0 Å². The van der Waals surface area contributed by atoms with Crippen LogP contribution in [0.3, 0.4) is 0 Å². The fraction of sp³-hybridized carbons (Fsp3) is 0. The van der Waals surface area contributed by atoms with Crippen molar-refractivity contribution in [3.8, 4) is 0 Å². The van der Waals surface area contributed by atoms with E-state index in [4.69, 9.17) is 34.8 Å². The first-order valence-corrected chi connectivity index (χ1v) is 6.22. The zero-order chi connectivity index (χ0) is 14.2. The van der Waals surface area contributed by atoms with Gasteiger partial charge >= 0.3 is 0 Å². The molecule has 0 aromatic heterocycles. The van der Waals surface area contributed by atoms with Crippen LogP contribution in [-0.2, 0) is 0 Å². The SMILES string of the molecule is O=C(Cl)c1ccc(C(=O)Cl)c2c(C(=O)Cl)cccc12. The second-order valence-electron chi connectivity index (χ2n) is 3.71. The van der Waals surface area contributed by atoms with Crippen molar-refractivity contribution in [2.75, 3.05) is 0 Å². The number of carbonyl (C=O) groups is 3. The summed E-state index contributed by atoms with van der Waals surface area (Å²) in [6, 6.07) is 7.29. The zero-order valence-corrected chi connectivity index (χ0v) is 11.5. The first-order chi connectivity index (χ1) is 8.93. The molecule has 0 amide bonds. The Balaban J connectivity index is 3.01. The van der Waals surface area contributed by atoms with Crippen molar-refractivity contribution < 1.29 is 14.4 Å². The summed E-state index contributed by atoms with van der Waals surface area (Å²) in [4.78, 5) is 34.2. The zero-order valence-electron chi connectivity index (χ0n) is 9.25. The Morgan fingerprint density at radius 2 is 1.16 bits per heavy atom. The predicted molar refractivity (Wildman–Crippen MR) is 74.5 cm³/mol. The van der Waals surface area contributed by atoms with Gasteiger partial charge in [-0.1, -0.05) is 12.1 Å². The number of benzene rings is 2. The molecule has 6 heteroatoms. The monoisotopic (exact) mass is 314 g/mol. The van der Waals surface area contributed by atoms with E-state index in [0.717, 1.165) is 0 Å². The molecule has 0 heterocycles. The van der Waals surface area contributed by atoms with E-state index >= 15 is 0 Å². The number of hydrogen-bond acceptors (Lipinski definition) is 3. The maximum absolute atomic E-state index is 11.4. The van der Waals surface area contributed by atoms with Crippen LogP contribution in [0.5, 0.6) is 0 Å². The lowest BCUT2D eigenvalue weighted by Crippen LogP contribution is -2.01.